The van der Waals surface area contributed by atoms with Crippen molar-refractivity contribution >= 4 is 27.5 Å². The SMILES string of the molecule is CN(C)c1ccc(NS(=O)(=O)CCC(=O)O)cn1. The highest BCUT2D eigenvalue weighted by molar-refractivity contribution is 7.92. The standard InChI is InChI=1S/C10H15N3O4S/c1-13(2)9-4-3-8(7-11-9)12-18(16,17)6-5-10(14)15/h3-4,7,12H,5-6H2,1-2H3,(H,14,15). The second kappa shape index (κ2) is 5.67. The van der Waals surface area contributed by atoms with Crippen LogP contribution in [0.2, 0.25) is 0 Å². The van der Waals surface area contributed by atoms with E-state index in [1.54, 1.807) is 17.0 Å². The van der Waals surface area contributed by atoms with Crippen LogP contribution in [0, 0.1) is 0 Å². The average Bonchev–Trinajstić information content (AvgIpc) is 2.27. The molecule has 18 heavy (non-hydrogen) atoms. The van der Waals surface area contributed by atoms with Crippen LogP contribution in [-0.2, 0) is 14.8 Å². The number of aromatic nitrogens is 1. The van der Waals surface area contributed by atoms with Crippen molar-refractivity contribution in [1.82, 2.24) is 4.98 Å². The Morgan fingerprint density at radius 3 is 2.56 bits per heavy atom. The number of hydrogen-bond acceptors (Lipinski definition) is 5. The summed E-state index contributed by atoms with van der Waals surface area (Å²) in [4.78, 5) is 16.1. The van der Waals surface area contributed by atoms with Gasteiger partial charge in [-0.2, -0.15) is 0 Å². The lowest BCUT2D eigenvalue weighted by Crippen LogP contribution is -2.19. The lowest BCUT2D eigenvalue weighted by Gasteiger charge is -2.12. The largest absolute Gasteiger partial charge is 0.481 e. The smallest absolute Gasteiger partial charge is 0.304 e. The fraction of sp³-hybridized carbons (Fsp3) is 0.400. The van der Waals surface area contributed by atoms with Crippen molar-refractivity contribution in [2.24, 2.45) is 0 Å². The molecule has 0 atom stereocenters. The van der Waals surface area contributed by atoms with E-state index >= 15 is 0 Å². The summed E-state index contributed by atoms with van der Waals surface area (Å²) < 4.78 is 25.3. The van der Waals surface area contributed by atoms with Gasteiger partial charge in [0.1, 0.15) is 5.82 Å². The van der Waals surface area contributed by atoms with Crippen LogP contribution >= 0.6 is 0 Å². The summed E-state index contributed by atoms with van der Waals surface area (Å²) in [7, 11) is -0.0103. The van der Waals surface area contributed by atoms with Crippen LogP contribution in [0.15, 0.2) is 18.3 Å². The number of nitrogens with zero attached hydrogens (tertiary/aromatic N) is 2. The van der Waals surface area contributed by atoms with Gasteiger partial charge in [0.2, 0.25) is 10.0 Å². The van der Waals surface area contributed by atoms with Crippen molar-refractivity contribution in [3.05, 3.63) is 18.3 Å². The Morgan fingerprint density at radius 1 is 1.44 bits per heavy atom. The maximum Gasteiger partial charge on any atom is 0.304 e. The molecule has 0 aromatic carbocycles. The van der Waals surface area contributed by atoms with E-state index in [0.717, 1.165) is 0 Å². The predicted molar refractivity (Wildman–Crippen MR) is 68.2 cm³/mol. The zero-order valence-electron chi connectivity index (χ0n) is 10.1. The van der Waals surface area contributed by atoms with Gasteiger partial charge in [0.25, 0.3) is 0 Å². The van der Waals surface area contributed by atoms with Crippen LogP contribution in [-0.4, -0.2) is 44.3 Å². The van der Waals surface area contributed by atoms with Crippen LogP contribution in [0.1, 0.15) is 6.42 Å². The first-order valence-corrected chi connectivity index (χ1v) is 6.81. The third-order valence-corrected chi connectivity index (χ3v) is 3.35. The maximum atomic E-state index is 11.5. The molecule has 100 valence electrons. The minimum Gasteiger partial charge on any atom is -0.481 e. The monoisotopic (exact) mass is 273 g/mol. The molecule has 0 bridgehead atoms. The summed E-state index contributed by atoms with van der Waals surface area (Å²) in [6, 6.07) is 3.23. The highest BCUT2D eigenvalue weighted by Crippen LogP contribution is 2.13. The zero-order chi connectivity index (χ0) is 13.8. The number of carbonyl (C=O) groups is 1. The third kappa shape index (κ3) is 4.58. The molecule has 0 saturated heterocycles. The van der Waals surface area contributed by atoms with Crippen molar-refractivity contribution in [3.63, 3.8) is 0 Å². The second-order valence-electron chi connectivity index (χ2n) is 3.86. The van der Waals surface area contributed by atoms with Gasteiger partial charge in [-0.25, -0.2) is 13.4 Å². The Morgan fingerprint density at radius 2 is 2.11 bits per heavy atom. The fourth-order valence-corrected chi connectivity index (χ4v) is 2.19. The quantitative estimate of drug-likeness (QED) is 0.776. The summed E-state index contributed by atoms with van der Waals surface area (Å²) in [6.07, 6.45) is 0.951. The normalized spacial score (nSPS) is 11.0. The molecule has 1 rings (SSSR count). The van der Waals surface area contributed by atoms with Crippen LogP contribution in [0.5, 0.6) is 0 Å². The van der Waals surface area contributed by atoms with E-state index in [-0.39, 0.29) is 0 Å². The Hall–Kier alpha value is -1.83. The molecule has 0 aliphatic rings. The fourth-order valence-electron chi connectivity index (χ4n) is 1.16. The number of hydrogen-bond donors (Lipinski definition) is 2. The molecule has 0 radical (unpaired) electrons. The van der Waals surface area contributed by atoms with E-state index in [0.29, 0.717) is 11.5 Å². The Bertz CT molecular complexity index is 510. The molecule has 2 N–H and O–H groups in total. The number of nitrogens with one attached hydrogen (secondary N) is 1. The van der Waals surface area contributed by atoms with Crippen molar-refractivity contribution in [1.29, 1.82) is 0 Å². The van der Waals surface area contributed by atoms with E-state index in [1.165, 1.54) is 6.20 Å². The van der Waals surface area contributed by atoms with Crippen LogP contribution in [0.4, 0.5) is 11.5 Å². The number of anilines is 2. The molecule has 1 heterocycles. The van der Waals surface area contributed by atoms with Gasteiger partial charge in [0.15, 0.2) is 0 Å². The van der Waals surface area contributed by atoms with Gasteiger partial charge >= 0.3 is 5.97 Å². The number of sulfonamides is 1. The molecule has 7 nitrogen and oxygen atoms in total. The molecule has 0 amide bonds. The van der Waals surface area contributed by atoms with Gasteiger partial charge in [-0.15, -0.1) is 0 Å². The number of rotatable bonds is 6. The minimum absolute atomic E-state index is 0.311. The summed E-state index contributed by atoms with van der Waals surface area (Å²) in [5.41, 5.74) is 0.311. The van der Waals surface area contributed by atoms with E-state index in [1.807, 2.05) is 14.1 Å². The molecule has 0 fully saturated rings. The molecule has 0 unspecified atom stereocenters. The molecular formula is C10H15N3O4S. The van der Waals surface area contributed by atoms with Gasteiger partial charge in [0, 0.05) is 14.1 Å². The summed E-state index contributed by atoms with van der Waals surface area (Å²) >= 11 is 0. The number of pyridine rings is 1. The predicted octanol–water partition coefficient (Wildman–Crippen LogP) is 0.364. The van der Waals surface area contributed by atoms with Crippen molar-refractivity contribution in [2.75, 3.05) is 29.5 Å². The lowest BCUT2D eigenvalue weighted by molar-refractivity contribution is -0.136. The van der Waals surface area contributed by atoms with Crippen LogP contribution in [0.25, 0.3) is 0 Å². The topological polar surface area (TPSA) is 99.6 Å². The molecule has 0 aliphatic carbocycles. The lowest BCUT2D eigenvalue weighted by atomic mass is 10.4. The first-order chi connectivity index (χ1) is 8.30. The van der Waals surface area contributed by atoms with E-state index < -0.39 is 28.2 Å². The summed E-state index contributed by atoms with van der Waals surface area (Å²) in [5.74, 6) is -0.914. The van der Waals surface area contributed by atoms with E-state index in [4.69, 9.17) is 5.11 Å². The molecular weight excluding hydrogens is 258 g/mol. The number of carboxylic acids is 1. The highest BCUT2D eigenvalue weighted by atomic mass is 32.2. The highest BCUT2D eigenvalue weighted by Gasteiger charge is 2.13. The summed E-state index contributed by atoms with van der Waals surface area (Å²) in [6.45, 7) is 0. The molecule has 1 aromatic heterocycles. The van der Waals surface area contributed by atoms with E-state index in [9.17, 15) is 13.2 Å². The number of carboxylic acid groups (broad SMARTS) is 1. The van der Waals surface area contributed by atoms with Crippen molar-refractivity contribution in [2.45, 2.75) is 6.42 Å². The number of aliphatic carboxylic acids is 1. The van der Waals surface area contributed by atoms with Gasteiger partial charge in [-0.1, -0.05) is 0 Å². The Balaban J connectivity index is 2.69. The first-order valence-electron chi connectivity index (χ1n) is 5.16. The molecule has 0 saturated carbocycles. The third-order valence-electron chi connectivity index (χ3n) is 2.06. The summed E-state index contributed by atoms with van der Waals surface area (Å²) in [5, 5.41) is 8.43. The molecule has 0 spiro atoms. The Labute approximate surface area is 106 Å². The zero-order valence-corrected chi connectivity index (χ0v) is 10.9. The van der Waals surface area contributed by atoms with Crippen LogP contribution in [0.3, 0.4) is 0 Å². The van der Waals surface area contributed by atoms with Gasteiger partial charge in [-0.05, 0) is 12.1 Å². The Kier molecular flexibility index (Phi) is 4.49. The first kappa shape index (κ1) is 14.2. The van der Waals surface area contributed by atoms with Crippen LogP contribution < -0.4 is 9.62 Å². The molecule has 1 aromatic rings. The van der Waals surface area contributed by atoms with Gasteiger partial charge in [0.05, 0.1) is 24.1 Å². The second-order valence-corrected chi connectivity index (χ2v) is 5.71. The van der Waals surface area contributed by atoms with Crippen molar-refractivity contribution < 1.29 is 18.3 Å². The maximum absolute atomic E-state index is 11.5. The molecule has 8 heteroatoms. The average molecular weight is 273 g/mol. The van der Waals surface area contributed by atoms with E-state index in [2.05, 4.69) is 9.71 Å². The minimum atomic E-state index is -3.65. The van der Waals surface area contributed by atoms with Gasteiger partial charge < -0.3 is 10.0 Å². The van der Waals surface area contributed by atoms with Crippen molar-refractivity contribution in [3.8, 4) is 0 Å². The molecule has 0 aliphatic heterocycles. The van der Waals surface area contributed by atoms with Gasteiger partial charge in [-0.3, -0.25) is 9.52 Å².